The number of amides is 1. The maximum atomic E-state index is 14.5. The van der Waals surface area contributed by atoms with E-state index in [1.54, 1.807) is 19.1 Å². The van der Waals surface area contributed by atoms with Gasteiger partial charge in [0.2, 0.25) is 5.91 Å². The SMILES string of the molecule is C[C@@H](C(=O)NCCOCCOCCCCCCCl)c1ccc(-c2ccccc2)c(F)c1. The van der Waals surface area contributed by atoms with E-state index in [2.05, 4.69) is 5.32 Å². The Bertz CT molecular complexity index is 773. The number of hydrogen-bond acceptors (Lipinski definition) is 3. The molecule has 0 aliphatic heterocycles. The molecule has 170 valence electrons. The predicted molar refractivity (Wildman–Crippen MR) is 124 cm³/mol. The molecule has 4 nitrogen and oxygen atoms in total. The fraction of sp³-hybridized carbons (Fsp3) is 0.480. The number of nitrogens with one attached hydrogen (secondary N) is 1. The minimum atomic E-state index is -0.443. The van der Waals surface area contributed by atoms with Crippen LogP contribution in [0.25, 0.3) is 11.1 Å². The Morgan fingerprint density at radius 1 is 0.968 bits per heavy atom. The molecule has 31 heavy (non-hydrogen) atoms. The molecule has 2 aromatic carbocycles. The number of halogens is 2. The summed E-state index contributed by atoms with van der Waals surface area (Å²) in [5.41, 5.74) is 1.99. The molecule has 0 spiro atoms. The number of rotatable bonds is 15. The Labute approximate surface area is 190 Å². The molecular weight excluding hydrogens is 417 g/mol. The topological polar surface area (TPSA) is 47.6 Å². The van der Waals surface area contributed by atoms with E-state index in [0.29, 0.717) is 37.5 Å². The molecule has 6 heteroatoms. The highest BCUT2D eigenvalue weighted by Gasteiger charge is 2.17. The average molecular weight is 450 g/mol. The summed E-state index contributed by atoms with van der Waals surface area (Å²) in [6.45, 7) is 4.38. The van der Waals surface area contributed by atoms with E-state index < -0.39 is 5.92 Å². The number of benzene rings is 2. The minimum Gasteiger partial charge on any atom is -0.379 e. The lowest BCUT2D eigenvalue weighted by atomic mass is 9.96. The Hall–Kier alpha value is -1.95. The first-order valence-electron chi connectivity index (χ1n) is 11.0. The van der Waals surface area contributed by atoms with Crippen LogP contribution < -0.4 is 5.32 Å². The third-order valence-corrected chi connectivity index (χ3v) is 5.33. The fourth-order valence-electron chi connectivity index (χ4n) is 3.18. The summed E-state index contributed by atoms with van der Waals surface area (Å²) in [6.07, 6.45) is 4.38. The van der Waals surface area contributed by atoms with Gasteiger partial charge in [0, 0.05) is 24.6 Å². The van der Waals surface area contributed by atoms with E-state index in [0.717, 1.165) is 43.7 Å². The normalized spacial score (nSPS) is 12.0. The van der Waals surface area contributed by atoms with Gasteiger partial charge in [0.05, 0.1) is 25.7 Å². The second kappa shape index (κ2) is 15.0. The smallest absolute Gasteiger partial charge is 0.227 e. The molecule has 0 bridgehead atoms. The summed E-state index contributed by atoms with van der Waals surface area (Å²) in [5.74, 6) is -0.197. The van der Waals surface area contributed by atoms with Crippen LogP contribution in [-0.2, 0) is 14.3 Å². The predicted octanol–water partition coefficient (Wildman–Crippen LogP) is 5.54. The maximum Gasteiger partial charge on any atom is 0.227 e. The lowest BCUT2D eigenvalue weighted by Crippen LogP contribution is -2.31. The van der Waals surface area contributed by atoms with Gasteiger partial charge in [-0.2, -0.15) is 0 Å². The monoisotopic (exact) mass is 449 g/mol. The van der Waals surface area contributed by atoms with Crippen molar-refractivity contribution in [2.45, 2.75) is 38.5 Å². The van der Waals surface area contributed by atoms with Crippen molar-refractivity contribution in [3.05, 3.63) is 59.9 Å². The van der Waals surface area contributed by atoms with Gasteiger partial charge in [-0.05, 0) is 37.0 Å². The van der Waals surface area contributed by atoms with Gasteiger partial charge in [-0.1, -0.05) is 55.3 Å². The summed E-state index contributed by atoms with van der Waals surface area (Å²) in [5, 5.41) is 2.84. The molecule has 0 saturated heterocycles. The van der Waals surface area contributed by atoms with Gasteiger partial charge in [0.1, 0.15) is 5.82 Å². The second-order valence-corrected chi connectivity index (χ2v) is 7.82. The Balaban J connectivity index is 1.62. The van der Waals surface area contributed by atoms with Crippen LogP contribution >= 0.6 is 11.6 Å². The summed E-state index contributed by atoms with van der Waals surface area (Å²) in [7, 11) is 0. The van der Waals surface area contributed by atoms with Gasteiger partial charge in [-0.15, -0.1) is 11.6 Å². The zero-order valence-corrected chi connectivity index (χ0v) is 19.0. The zero-order valence-electron chi connectivity index (χ0n) is 18.2. The van der Waals surface area contributed by atoms with E-state index in [-0.39, 0.29) is 11.7 Å². The molecule has 2 rings (SSSR count). The van der Waals surface area contributed by atoms with E-state index in [1.807, 2.05) is 30.3 Å². The van der Waals surface area contributed by atoms with E-state index in [1.165, 1.54) is 6.07 Å². The van der Waals surface area contributed by atoms with Crippen molar-refractivity contribution in [2.24, 2.45) is 0 Å². The molecule has 0 radical (unpaired) electrons. The molecule has 1 atom stereocenters. The van der Waals surface area contributed by atoms with Gasteiger partial charge in [0.15, 0.2) is 0 Å². The largest absolute Gasteiger partial charge is 0.379 e. The van der Waals surface area contributed by atoms with Crippen molar-refractivity contribution >= 4 is 17.5 Å². The number of alkyl halides is 1. The lowest BCUT2D eigenvalue weighted by molar-refractivity contribution is -0.122. The van der Waals surface area contributed by atoms with Gasteiger partial charge in [-0.25, -0.2) is 4.39 Å². The summed E-state index contributed by atoms with van der Waals surface area (Å²) < 4.78 is 25.5. The molecule has 0 aromatic heterocycles. The summed E-state index contributed by atoms with van der Waals surface area (Å²) in [6, 6.07) is 14.3. The van der Waals surface area contributed by atoms with Crippen molar-refractivity contribution in [1.82, 2.24) is 5.32 Å². The average Bonchev–Trinajstić information content (AvgIpc) is 2.79. The summed E-state index contributed by atoms with van der Waals surface area (Å²) >= 11 is 5.64. The van der Waals surface area contributed by atoms with Crippen molar-refractivity contribution < 1.29 is 18.7 Å². The van der Waals surface area contributed by atoms with Crippen LogP contribution in [0, 0.1) is 5.82 Å². The molecule has 1 N–H and O–H groups in total. The standard InChI is InChI=1S/C25H33ClFNO3/c1-20(22-11-12-23(24(27)19-22)21-9-5-4-6-10-21)25(29)28-14-16-31-18-17-30-15-8-3-2-7-13-26/h4-6,9-12,19-20H,2-3,7-8,13-18H2,1H3,(H,28,29)/t20-/m1/s1. The van der Waals surface area contributed by atoms with Gasteiger partial charge < -0.3 is 14.8 Å². The van der Waals surface area contributed by atoms with Gasteiger partial charge in [-0.3, -0.25) is 4.79 Å². The van der Waals surface area contributed by atoms with E-state index in [4.69, 9.17) is 21.1 Å². The zero-order chi connectivity index (χ0) is 22.3. The van der Waals surface area contributed by atoms with Crippen LogP contribution in [0.5, 0.6) is 0 Å². The van der Waals surface area contributed by atoms with Crippen molar-refractivity contribution in [3.63, 3.8) is 0 Å². The second-order valence-electron chi connectivity index (χ2n) is 7.45. The molecule has 1 amide bonds. The van der Waals surface area contributed by atoms with Crippen molar-refractivity contribution in [1.29, 1.82) is 0 Å². The van der Waals surface area contributed by atoms with Crippen molar-refractivity contribution in [3.8, 4) is 11.1 Å². The Morgan fingerprint density at radius 3 is 2.39 bits per heavy atom. The molecule has 0 fully saturated rings. The quantitative estimate of drug-likeness (QED) is 0.286. The van der Waals surface area contributed by atoms with Crippen molar-refractivity contribution in [2.75, 3.05) is 38.9 Å². The van der Waals surface area contributed by atoms with Crippen LogP contribution in [0.15, 0.2) is 48.5 Å². The first-order chi connectivity index (χ1) is 15.1. The first-order valence-corrected chi connectivity index (χ1v) is 11.5. The van der Waals surface area contributed by atoms with E-state index >= 15 is 0 Å². The van der Waals surface area contributed by atoms with Crippen LogP contribution in [0.1, 0.15) is 44.1 Å². The highest BCUT2D eigenvalue weighted by Crippen LogP contribution is 2.26. The third-order valence-electron chi connectivity index (χ3n) is 5.06. The molecule has 0 unspecified atom stereocenters. The number of unbranched alkanes of at least 4 members (excludes halogenated alkanes) is 3. The fourth-order valence-corrected chi connectivity index (χ4v) is 3.37. The van der Waals surface area contributed by atoms with E-state index in [9.17, 15) is 9.18 Å². The molecule has 0 aliphatic rings. The molecular formula is C25H33ClFNO3. The van der Waals surface area contributed by atoms with Crippen LogP contribution in [0.3, 0.4) is 0 Å². The lowest BCUT2D eigenvalue weighted by Gasteiger charge is -2.14. The Kier molecular flexibility index (Phi) is 12.2. The number of hydrogen-bond donors (Lipinski definition) is 1. The Morgan fingerprint density at radius 2 is 1.68 bits per heavy atom. The maximum absolute atomic E-state index is 14.5. The molecule has 0 aliphatic carbocycles. The van der Waals surface area contributed by atoms with Gasteiger partial charge >= 0.3 is 0 Å². The highest BCUT2D eigenvalue weighted by molar-refractivity contribution is 6.17. The number of carbonyl (C=O) groups excluding carboxylic acids is 1. The van der Waals surface area contributed by atoms with Crippen LogP contribution in [0.4, 0.5) is 4.39 Å². The molecule has 2 aromatic rings. The number of ether oxygens (including phenoxy) is 2. The molecule has 0 heterocycles. The van der Waals surface area contributed by atoms with Gasteiger partial charge in [0.25, 0.3) is 0 Å². The highest BCUT2D eigenvalue weighted by atomic mass is 35.5. The third kappa shape index (κ3) is 9.38. The molecule has 0 saturated carbocycles. The minimum absolute atomic E-state index is 0.149. The number of carbonyl (C=O) groups is 1. The van der Waals surface area contributed by atoms with Crippen LogP contribution in [0.2, 0.25) is 0 Å². The first kappa shape index (κ1) is 25.3. The summed E-state index contributed by atoms with van der Waals surface area (Å²) in [4.78, 5) is 12.4. The van der Waals surface area contributed by atoms with Crippen LogP contribution in [-0.4, -0.2) is 44.8 Å².